The Bertz CT molecular complexity index is 270. The highest BCUT2D eigenvalue weighted by atomic mass is 19.4. The van der Waals surface area contributed by atoms with E-state index < -0.39 is 37.2 Å². The van der Waals surface area contributed by atoms with E-state index in [9.17, 15) is 22.8 Å². The number of carbonyl (C=O) groups is 2. The SMILES string of the molecule is COC(CNC(=O)NCCC(F)(F)F)C(=O)O. The summed E-state index contributed by atoms with van der Waals surface area (Å²) in [4.78, 5) is 21.4. The summed E-state index contributed by atoms with van der Waals surface area (Å²) < 4.78 is 39.6. The number of methoxy groups -OCH3 is 1. The zero-order valence-corrected chi connectivity index (χ0v) is 9.00. The summed E-state index contributed by atoms with van der Waals surface area (Å²) >= 11 is 0. The lowest BCUT2D eigenvalue weighted by molar-refractivity contribution is -0.148. The first-order chi connectivity index (χ1) is 7.76. The van der Waals surface area contributed by atoms with Crippen LogP contribution in [0.4, 0.5) is 18.0 Å². The molecule has 0 saturated carbocycles. The summed E-state index contributed by atoms with van der Waals surface area (Å²) in [7, 11) is 1.14. The van der Waals surface area contributed by atoms with E-state index in [0.29, 0.717) is 0 Å². The number of carboxylic acids is 1. The molecular weight excluding hydrogens is 245 g/mol. The second kappa shape index (κ2) is 6.94. The van der Waals surface area contributed by atoms with Crippen LogP contribution in [0.15, 0.2) is 0 Å². The smallest absolute Gasteiger partial charge is 0.390 e. The Morgan fingerprint density at radius 2 is 1.94 bits per heavy atom. The van der Waals surface area contributed by atoms with Crippen molar-refractivity contribution in [2.24, 2.45) is 0 Å². The van der Waals surface area contributed by atoms with E-state index in [2.05, 4.69) is 10.1 Å². The number of hydrogen-bond acceptors (Lipinski definition) is 3. The Morgan fingerprint density at radius 3 is 2.35 bits per heavy atom. The van der Waals surface area contributed by atoms with Crippen LogP contribution in [-0.2, 0) is 9.53 Å². The van der Waals surface area contributed by atoms with Crippen molar-refractivity contribution in [2.75, 3.05) is 20.2 Å². The Labute approximate surface area is 95.1 Å². The van der Waals surface area contributed by atoms with Gasteiger partial charge in [-0.05, 0) is 0 Å². The molecule has 0 aliphatic rings. The van der Waals surface area contributed by atoms with E-state index in [-0.39, 0.29) is 6.54 Å². The zero-order valence-electron chi connectivity index (χ0n) is 9.00. The Morgan fingerprint density at radius 1 is 1.35 bits per heavy atom. The van der Waals surface area contributed by atoms with Crippen LogP contribution in [0.3, 0.4) is 0 Å². The van der Waals surface area contributed by atoms with Crippen molar-refractivity contribution < 1.29 is 32.6 Å². The van der Waals surface area contributed by atoms with E-state index in [1.165, 1.54) is 0 Å². The summed E-state index contributed by atoms with van der Waals surface area (Å²) in [6.07, 6.45) is -6.72. The number of ether oxygens (including phenoxy) is 1. The maximum Gasteiger partial charge on any atom is 0.390 e. The molecule has 0 aromatic heterocycles. The highest BCUT2D eigenvalue weighted by Gasteiger charge is 2.26. The van der Waals surface area contributed by atoms with Gasteiger partial charge in [0.1, 0.15) is 0 Å². The van der Waals surface area contributed by atoms with Gasteiger partial charge in [0.2, 0.25) is 0 Å². The van der Waals surface area contributed by atoms with E-state index in [0.717, 1.165) is 7.11 Å². The standard InChI is InChI=1S/C8H13F3N2O4/c1-17-5(6(14)15)4-13-7(16)12-3-2-8(9,10)11/h5H,2-4H2,1H3,(H,14,15)(H2,12,13,16). The normalized spacial score (nSPS) is 12.9. The van der Waals surface area contributed by atoms with Crippen LogP contribution in [-0.4, -0.2) is 49.6 Å². The number of halogens is 3. The number of hydrogen-bond donors (Lipinski definition) is 3. The summed E-state index contributed by atoms with van der Waals surface area (Å²) in [5, 5.41) is 12.5. The molecule has 0 aliphatic carbocycles. The molecule has 0 aromatic rings. The van der Waals surface area contributed by atoms with Gasteiger partial charge in [-0.1, -0.05) is 0 Å². The Balaban J connectivity index is 3.76. The highest BCUT2D eigenvalue weighted by molar-refractivity contribution is 5.76. The van der Waals surface area contributed by atoms with Crippen molar-refractivity contribution in [1.29, 1.82) is 0 Å². The van der Waals surface area contributed by atoms with Gasteiger partial charge in [-0.3, -0.25) is 0 Å². The molecule has 0 spiro atoms. The number of carbonyl (C=O) groups excluding carboxylic acids is 1. The predicted molar refractivity (Wildman–Crippen MR) is 50.5 cm³/mol. The van der Waals surface area contributed by atoms with Crippen molar-refractivity contribution in [3.63, 3.8) is 0 Å². The minimum atomic E-state index is -4.34. The molecule has 0 heterocycles. The van der Waals surface area contributed by atoms with Crippen molar-refractivity contribution in [3.05, 3.63) is 0 Å². The fourth-order valence-electron chi connectivity index (χ4n) is 0.837. The number of amides is 2. The lowest BCUT2D eigenvalue weighted by Crippen LogP contribution is -2.43. The third kappa shape index (κ3) is 8.31. The van der Waals surface area contributed by atoms with E-state index >= 15 is 0 Å². The fraction of sp³-hybridized carbons (Fsp3) is 0.750. The lowest BCUT2D eigenvalue weighted by Gasteiger charge is -2.12. The first-order valence-corrected chi connectivity index (χ1v) is 4.60. The average Bonchev–Trinajstić information content (AvgIpc) is 2.16. The maximum atomic E-state index is 11.7. The molecule has 0 fully saturated rings. The third-order valence-corrected chi connectivity index (χ3v) is 1.70. The molecule has 3 N–H and O–H groups in total. The summed E-state index contributed by atoms with van der Waals surface area (Å²) in [5.41, 5.74) is 0. The largest absolute Gasteiger partial charge is 0.479 e. The molecule has 1 unspecified atom stereocenters. The molecule has 0 aromatic carbocycles. The molecule has 0 aliphatic heterocycles. The van der Waals surface area contributed by atoms with Crippen LogP contribution in [0.2, 0.25) is 0 Å². The quantitative estimate of drug-likeness (QED) is 0.641. The topological polar surface area (TPSA) is 87.7 Å². The number of urea groups is 1. The van der Waals surface area contributed by atoms with Crippen LogP contribution < -0.4 is 10.6 Å². The molecule has 0 saturated heterocycles. The van der Waals surface area contributed by atoms with Gasteiger partial charge in [0.15, 0.2) is 6.10 Å². The first-order valence-electron chi connectivity index (χ1n) is 4.60. The molecule has 100 valence electrons. The second-order valence-corrected chi connectivity index (χ2v) is 3.06. The van der Waals surface area contributed by atoms with Gasteiger partial charge >= 0.3 is 18.2 Å². The minimum Gasteiger partial charge on any atom is -0.479 e. The summed E-state index contributed by atoms with van der Waals surface area (Å²) in [5.74, 6) is -1.27. The Hall–Kier alpha value is -1.51. The van der Waals surface area contributed by atoms with Crippen LogP contribution >= 0.6 is 0 Å². The number of carboxylic acid groups (broad SMARTS) is 1. The van der Waals surface area contributed by atoms with Gasteiger partial charge in [0, 0.05) is 13.7 Å². The van der Waals surface area contributed by atoms with E-state index in [1.807, 2.05) is 5.32 Å². The molecule has 0 rings (SSSR count). The van der Waals surface area contributed by atoms with Crippen LogP contribution in [0.1, 0.15) is 6.42 Å². The first kappa shape index (κ1) is 15.5. The third-order valence-electron chi connectivity index (χ3n) is 1.70. The number of alkyl halides is 3. The number of nitrogens with one attached hydrogen (secondary N) is 2. The molecule has 0 radical (unpaired) electrons. The van der Waals surface area contributed by atoms with Gasteiger partial charge in [-0.15, -0.1) is 0 Å². The van der Waals surface area contributed by atoms with Gasteiger partial charge in [-0.25, -0.2) is 9.59 Å². The second-order valence-electron chi connectivity index (χ2n) is 3.06. The van der Waals surface area contributed by atoms with Crippen molar-refractivity contribution in [3.8, 4) is 0 Å². The molecule has 1 atom stereocenters. The van der Waals surface area contributed by atoms with Crippen molar-refractivity contribution >= 4 is 12.0 Å². The predicted octanol–water partition coefficient (Wildman–Crippen LogP) is 0.338. The molecule has 17 heavy (non-hydrogen) atoms. The summed E-state index contributed by atoms with van der Waals surface area (Å²) in [6.45, 7) is -0.899. The number of aliphatic carboxylic acids is 1. The van der Waals surface area contributed by atoms with Crippen LogP contribution in [0, 0.1) is 0 Å². The average molecular weight is 258 g/mol. The molecule has 6 nitrogen and oxygen atoms in total. The molecule has 9 heteroatoms. The van der Waals surface area contributed by atoms with Crippen molar-refractivity contribution in [2.45, 2.75) is 18.7 Å². The molecule has 0 bridgehead atoms. The fourth-order valence-corrected chi connectivity index (χ4v) is 0.837. The van der Waals surface area contributed by atoms with Crippen molar-refractivity contribution in [1.82, 2.24) is 10.6 Å². The minimum absolute atomic E-state index is 0.330. The summed E-state index contributed by atoms with van der Waals surface area (Å²) in [6, 6.07) is -0.877. The van der Waals surface area contributed by atoms with Gasteiger partial charge in [-0.2, -0.15) is 13.2 Å². The molecule has 2 amide bonds. The zero-order chi connectivity index (χ0) is 13.5. The highest BCUT2D eigenvalue weighted by Crippen LogP contribution is 2.17. The van der Waals surface area contributed by atoms with Gasteiger partial charge in [0.25, 0.3) is 0 Å². The lowest BCUT2D eigenvalue weighted by atomic mass is 10.3. The van der Waals surface area contributed by atoms with E-state index in [4.69, 9.17) is 5.11 Å². The van der Waals surface area contributed by atoms with E-state index in [1.54, 1.807) is 0 Å². The Kier molecular flexibility index (Phi) is 6.33. The monoisotopic (exact) mass is 258 g/mol. The van der Waals surface area contributed by atoms with Gasteiger partial charge in [0.05, 0.1) is 13.0 Å². The molecular formula is C8H13F3N2O4. The maximum absolute atomic E-state index is 11.7. The van der Waals surface area contributed by atoms with Gasteiger partial charge < -0.3 is 20.5 Å². The number of rotatable bonds is 6. The van der Waals surface area contributed by atoms with Crippen LogP contribution in [0.25, 0.3) is 0 Å². The van der Waals surface area contributed by atoms with Crippen LogP contribution in [0.5, 0.6) is 0 Å².